The van der Waals surface area contributed by atoms with Crippen molar-refractivity contribution in [3.8, 4) is 0 Å². The number of hydrogen-bond donors (Lipinski definition) is 1. The first-order chi connectivity index (χ1) is 5.68. The van der Waals surface area contributed by atoms with E-state index in [4.69, 9.17) is 5.73 Å². The van der Waals surface area contributed by atoms with Gasteiger partial charge in [0, 0.05) is 24.0 Å². The zero-order valence-electron chi connectivity index (χ0n) is 7.78. The molecule has 1 rings (SSSR count). The summed E-state index contributed by atoms with van der Waals surface area (Å²) >= 11 is 1.72. The van der Waals surface area contributed by atoms with Crippen molar-refractivity contribution in [1.82, 2.24) is 4.98 Å². The number of aromatic nitrogens is 1. The van der Waals surface area contributed by atoms with Crippen molar-refractivity contribution in [3.05, 3.63) is 16.1 Å². The highest BCUT2D eigenvalue weighted by molar-refractivity contribution is 14.0. The fourth-order valence-electron chi connectivity index (χ4n) is 0.845. The van der Waals surface area contributed by atoms with Crippen molar-refractivity contribution >= 4 is 41.1 Å². The van der Waals surface area contributed by atoms with E-state index in [9.17, 15) is 0 Å². The lowest BCUT2D eigenvalue weighted by atomic mass is 10.4. The maximum Gasteiger partial charge on any atom is 0.0946 e. The quantitative estimate of drug-likeness (QED) is 0.527. The third-order valence-corrected chi connectivity index (χ3v) is 2.33. The van der Waals surface area contributed by atoms with Crippen LogP contribution in [-0.2, 0) is 6.42 Å². The van der Waals surface area contributed by atoms with E-state index in [2.05, 4.69) is 16.9 Å². The fraction of sp³-hybridized carbons (Fsp3) is 0.500. The molecule has 0 bridgehead atoms. The second-order valence-corrected chi connectivity index (χ2v) is 3.96. The van der Waals surface area contributed by atoms with Gasteiger partial charge in [0.25, 0.3) is 0 Å². The number of aryl methyl sites for hydroxylation is 1. The van der Waals surface area contributed by atoms with Crippen LogP contribution < -0.4 is 5.73 Å². The zero-order chi connectivity index (χ0) is 8.97. The molecule has 0 aromatic carbocycles. The average Bonchev–Trinajstić information content (AvgIpc) is 2.35. The molecule has 0 spiro atoms. The Morgan fingerprint density at radius 1 is 1.69 bits per heavy atom. The Morgan fingerprint density at radius 3 is 2.85 bits per heavy atom. The van der Waals surface area contributed by atoms with Gasteiger partial charge < -0.3 is 5.73 Å². The van der Waals surface area contributed by atoms with E-state index in [0.717, 1.165) is 18.0 Å². The van der Waals surface area contributed by atoms with Crippen LogP contribution in [0.1, 0.15) is 16.8 Å². The smallest absolute Gasteiger partial charge is 0.0946 e. The minimum absolute atomic E-state index is 0. The van der Waals surface area contributed by atoms with E-state index in [1.165, 1.54) is 4.88 Å². The first-order valence-electron chi connectivity index (χ1n) is 3.86. The third kappa shape index (κ3) is 5.20. The van der Waals surface area contributed by atoms with Gasteiger partial charge in [-0.25, -0.2) is 4.98 Å². The van der Waals surface area contributed by atoms with Gasteiger partial charge in [-0.15, -0.1) is 35.3 Å². The molecule has 0 radical (unpaired) electrons. The minimum Gasteiger partial charge on any atom is -0.388 e. The predicted octanol–water partition coefficient (Wildman–Crippen LogP) is 1.99. The average molecular weight is 311 g/mol. The number of nitrogens with two attached hydrogens (primary N) is 1. The number of amidine groups is 1. The van der Waals surface area contributed by atoms with Crippen LogP contribution in [-0.4, -0.2) is 17.4 Å². The lowest BCUT2D eigenvalue weighted by Crippen LogP contribution is -2.06. The molecule has 0 amide bonds. The number of hydrogen-bond acceptors (Lipinski definition) is 3. The van der Waals surface area contributed by atoms with Gasteiger partial charge >= 0.3 is 0 Å². The van der Waals surface area contributed by atoms with Crippen molar-refractivity contribution in [3.63, 3.8) is 0 Å². The van der Waals surface area contributed by atoms with E-state index in [1.807, 2.05) is 6.20 Å². The topological polar surface area (TPSA) is 51.3 Å². The highest BCUT2D eigenvalue weighted by Crippen LogP contribution is 2.11. The van der Waals surface area contributed by atoms with Crippen molar-refractivity contribution in [2.24, 2.45) is 10.7 Å². The molecule has 0 saturated carbocycles. The first-order valence-corrected chi connectivity index (χ1v) is 4.68. The van der Waals surface area contributed by atoms with Gasteiger partial charge in [0.1, 0.15) is 0 Å². The molecule has 3 nitrogen and oxygen atoms in total. The summed E-state index contributed by atoms with van der Waals surface area (Å²) in [6.45, 7) is 4.60. The van der Waals surface area contributed by atoms with Crippen molar-refractivity contribution < 1.29 is 0 Å². The minimum atomic E-state index is 0. The zero-order valence-corrected chi connectivity index (χ0v) is 10.9. The molecular weight excluding hydrogens is 297 g/mol. The van der Waals surface area contributed by atoms with Crippen LogP contribution in [0.25, 0.3) is 0 Å². The number of nitrogens with zero attached hydrogens (tertiary/aromatic N) is 2. The molecule has 5 heteroatoms. The fourth-order valence-corrected chi connectivity index (χ4v) is 1.62. The second kappa shape index (κ2) is 6.31. The Kier molecular flexibility index (Phi) is 6.23. The summed E-state index contributed by atoms with van der Waals surface area (Å²) < 4.78 is 0. The van der Waals surface area contributed by atoms with Crippen molar-refractivity contribution in [1.29, 1.82) is 0 Å². The van der Waals surface area contributed by atoms with Crippen LogP contribution in [0, 0.1) is 6.92 Å². The van der Waals surface area contributed by atoms with Gasteiger partial charge in [-0.1, -0.05) is 0 Å². The molecule has 0 aliphatic rings. The Morgan fingerprint density at radius 2 is 2.38 bits per heavy atom. The summed E-state index contributed by atoms with van der Waals surface area (Å²) in [5.74, 6) is 0.642. The van der Waals surface area contributed by atoms with E-state index in [-0.39, 0.29) is 24.0 Å². The summed E-state index contributed by atoms with van der Waals surface area (Å²) in [7, 11) is 0. The molecule has 0 atom stereocenters. The standard InChI is InChI=1S/C8H13N3S.HI/c1-6-5-11-8(12-6)3-4-10-7(2)9;/h5H,3-4H2,1-2H3,(H2,9,10);1H. The summed E-state index contributed by atoms with van der Waals surface area (Å²) in [5.41, 5.74) is 5.39. The Balaban J connectivity index is 0.00000144. The maximum absolute atomic E-state index is 5.39. The Labute approximate surface area is 99.5 Å². The Hall–Kier alpha value is -0.170. The first kappa shape index (κ1) is 12.8. The number of thiazole rings is 1. The van der Waals surface area contributed by atoms with E-state index >= 15 is 0 Å². The molecule has 2 N–H and O–H groups in total. The SMILES string of the molecule is CC(N)=NCCc1ncc(C)s1.I. The summed E-state index contributed by atoms with van der Waals surface area (Å²) in [6.07, 6.45) is 2.78. The van der Waals surface area contributed by atoms with Crippen LogP contribution in [0.4, 0.5) is 0 Å². The monoisotopic (exact) mass is 311 g/mol. The van der Waals surface area contributed by atoms with Crippen molar-refractivity contribution in [2.45, 2.75) is 20.3 Å². The van der Waals surface area contributed by atoms with Crippen LogP contribution in [0.5, 0.6) is 0 Å². The summed E-state index contributed by atoms with van der Waals surface area (Å²) in [5, 5.41) is 1.14. The van der Waals surface area contributed by atoms with Gasteiger partial charge in [0.05, 0.1) is 10.8 Å². The lowest BCUT2D eigenvalue weighted by molar-refractivity contribution is 0.949. The van der Waals surface area contributed by atoms with Gasteiger partial charge in [0.2, 0.25) is 0 Å². The van der Waals surface area contributed by atoms with Gasteiger partial charge in [-0.3, -0.25) is 4.99 Å². The molecule has 0 saturated heterocycles. The molecule has 0 fully saturated rings. The second-order valence-electron chi connectivity index (χ2n) is 2.64. The normalized spacial score (nSPS) is 11.1. The molecule has 0 aliphatic carbocycles. The highest BCUT2D eigenvalue weighted by atomic mass is 127. The molecule has 0 aliphatic heterocycles. The third-order valence-electron chi connectivity index (χ3n) is 1.36. The molecule has 0 unspecified atom stereocenters. The lowest BCUT2D eigenvalue weighted by Gasteiger charge is -1.91. The number of aliphatic imine (C=N–C) groups is 1. The molecular formula is C8H14IN3S. The van der Waals surface area contributed by atoms with Gasteiger partial charge in [0.15, 0.2) is 0 Å². The largest absolute Gasteiger partial charge is 0.388 e. The highest BCUT2D eigenvalue weighted by Gasteiger charge is 1.96. The summed E-state index contributed by atoms with van der Waals surface area (Å²) in [6, 6.07) is 0. The van der Waals surface area contributed by atoms with Crippen molar-refractivity contribution in [2.75, 3.05) is 6.54 Å². The molecule has 1 aromatic rings. The molecule has 74 valence electrons. The van der Waals surface area contributed by atoms with Gasteiger partial charge in [-0.05, 0) is 13.8 Å². The Bertz CT molecular complexity index is 279. The van der Waals surface area contributed by atoms with Gasteiger partial charge in [-0.2, -0.15) is 0 Å². The number of rotatable bonds is 3. The molecule has 13 heavy (non-hydrogen) atoms. The molecule has 1 aromatic heterocycles. The van der Waals surface area contributed by atoms with E-state index in [1.54, 1.807) is 18.3 Å². The predicted molar refractivity (Wildman–Crippen MR) is 68.1 cm³/mol. The molecule has 1 heterocycles. The number of halogens is 1. The summed E-state index contributed by atoms with van der Waals surface area (Å²) in [4.78, 5) is 9.56. The maximum atomic E-state index is 5.39. The van der Waals surface area contributed by atoms with E-state index in [0.29, 0.717) is 5.84 Å². The van der Waals surface area contributed by atoms with Crippen LogP contribution >= 0.6 is 35.3 Å². The van der Waals surface area contributed by atoms with Crippen LogP contribution in [0.3, 0.4) is 0 Å². The van der Waals surface area contributed by atoms with Crippen LogP contribution in [0.2, 0.25) is 0 Å². The van der Waals surface area contributed by atoms with E-state index < -0.39 is 0 Å². The van der Waals surface area contributed by atoms with Crippen LogP contribution in [0.15, 0.2) is 11.2 Å².